The summed E-state index contributed by atoms with van der Waals surface area (Å²) >= 11 is 0. The third-order valence-electron chi connectivity index (χ3n) is 3.58. The summed E-state index contributed by atoms with van der Waals surface area (Å²) in [5.41, 5.74) is 1.29. The molecule has 2 aromatic rings. The van der Waals surface area contributed by atoms with Gasteiger partial charge in [-0.05, 0) is 45.2 Å². The number of carbonyl (C=O) groups is 2. The number of likely N-dealkylation sites (N-methyl/N-ethyl adjacent to an activating group) is 1. The van der Waals surface area contributed by atoms with Gasteiger partial charge in [-0.15, -0.1) is 0 Å². The molecule has 1 amide bonds. The number of nitrogens with one attached hydrogen (secondary N) is 1. The molecule has 0 fully saturated rings. The van der Waals surface area contributed by atoms with Crippen molar-refractivity contribution in [2.75, 3.05) is 18.9 Å². The van der Waals surface area contributed by atoms with Gasteiger partial charge < -0.3 is 10.4 Å². The first-order valence-corrected chi connectivity index (χ1v) is 7.33. The maximum atomic E-state index is 13.0. The van der Waals surface area contributed by atoms with E-state index in [1.54, 1.807) is 32.2 Å². The molecule has 1 atom stereocenters. The van der Waals surface area contributed by atoms with E-state index in [-0.39, 0.29) is 18.3 Å². The number of carboxylic acids is 1. The molecule has 2 N–H and O–H groups in total. The van der Waals surface area contributed by atoms with Gasteiger partial charge in [0.1, 0.15) is 17.7 Å². The number of halogens is 1. The zero-order valence-corrected chi connectivity index (χ0v) is 13.7. The molecule has 1 unspecified atom stereocenters. The number of anilines is 1. The van der Waals surface area contributed by atoms with E-state index in [2.05, 4.69) is 10.4 Å². The van der Waals surface area contributed by atoms with Gasteiger partial charge in [-0.3, -0.25) is 14.5 Å². The molecule has 1 aromatic heterocycles. The average molecular weight is 334 g/mol. The second-order valence-electron chi connectivity index (χ2n) is 5.54. The number of aliphatic carboxylic acids is 1. The smallest absolute Gasteiger partial charge is 0.320 e. The molecule has 0 saturated carbocycles. The molecule has 0 aliphatic carbocycles. The molecule has 1 heterocycles. The van der Waals surface area contributed by atoms with Crippen molar-refractivity contribution in [2.24, 2.45) is 0 Å². The summed E-state index contributed by atoms with van der Waals surface area (Å²) in [5.74, 6) is -1.30. The molecule has 2 rings (SSSR count). The number of aromatic nitrogens is 2. The maximum Gasteiger partial charge on any atom is 0.320 e. The summed E-state index contributed by atoms with van der Waals surface area (Å²) in [6, 6.07) is 6.62. The predicted molar refractivity (Wildman–Crippen MR) is 86.6 cm³/mol. The van der Waals surface area contributed by atoms with Gasteiger partial charge in [-0.25, -0.2) is 9.07 Å². The lowest BCUT2D eigenvalue weighted by molar-refractivity contribution is -0.142. The number of carboxylic acid groups (broad SMARTS) is 1. The van der Waals surface area contributed by atoms with E-state index in [0.29, 0.717) is 17.2 Å². The fourth-order valence-electron chi connectivity index (χ4n) is 2.10. The average Bonchev–Trinajstić information content (AvgIpc) is 2.87. The normalized spacial score (nSPS) is 12.2. The number of amides is 1. The van der Waals surface area contributed by atoms with Crippen LogP contribution in [-0.4, -0.2) is 51.3 Å². The number of carbonyl (C=O) groups excluding carboxylic acids is 1. The van der Waals surface area contributed by atoms with Crippen molar-refractivity contribution < 1.29 is 19.1 Å². The van der Waals surface area contributed by atoms with Crippen LogP contribution >= 0.6 is 0 Å². The van der Waals surface area contributed by atoms with E-state index in [9.17, 15) is 14.0 Å². The van der Waals surface area contributed by atoms with Gasteiger partial charge in [-0.1, -0.05) is 0 Å². The first-order valence-electron chi connectivity index (χ1n) is 7.33. The van der Waals surface area contributed by atoms with Crippen molar-refractivity contribution in [3.05, 3.63) is 41.8 Å². The molecule has 1 aromatic carbocycles. The minimum absolute atomic E-state index is 0.0822. The van der Waals surface area contributed by atoms with E-state index < -0.39 is 12.0 Å². The van der Waals surface area contributed by atoms with Crippen molar-refractivity contribution in [3.8, 4) is 5.69 Å². The maximum absolute atomic E-state index is 13.0. The highest BCUT2D eigenvalue weighted by molar-refractivity contribution is 5.92. The van der Waals surface area contributed by atoms with Crippen LogP contribution in [0.4, 0.5) is 10.2 Å². The minimum Gasteiger partial charge on any atom is -0.480 e. The van der Waals surface area contributed by atoms with Crippen molar-refractivity contribution >= 4 is 17.7 Å². The highest BCUT2D eigenvalue weighted by atomic mass is 19.1. The Balaban J connectivity index is 2.14. The van der Waals surface area contributed by atoms with Crippen LogP contribution in [0.25, 0.3) is 5.69 Å². The molecule has 128 valence electrons. The zero-order chi connectivity index (χ0) is 17.9. The lowest BCUT2D eigenvalue weighted by Gasteiger charge is -2.20. The summed E-state index contributed by atoms with van der Waals surface area (Å²) in [6.07, 6.45) is 0. The van der Waals surface area contributed by atoms with Crippen molar-refractivity contribution in [1.82, 2.24) is 14.7 Å². The number of benzene rings is 1. The van der Waals surface area contributed by atoms with Crippen LogP contribution in [0.1, 0.15) is 12.6 Å². The molecule has 0 aliphatic rings. The van der Waals surface area contributed by atoms with Crippen LogP contribution in [0.15, 0.2) is 30.3 Å². The Labute approximate surface area is 138 Å². The van der Waals surface area contributed by atoms with Crippen LogP contribution in [0.2, 0.25) is 0 Å². The molecule has 0 aliphatic heterocycles. The molecule has 0 saturated heterocycles. The summed E-state index contributed by atoms with van der Waals surface area (Å²) in [6.45, 7) is 3.19. The highest BCUT2D eigenvalue weighted by Gasteiger charge is 2.20. The summed E-state index contributed by atoms with van der Waals surface area (Å²) in [4.78, 5) is 24.5. The Morgan fingerprint density at radius 3 is 2.58 bits per heavy atom. The highest BCUT2D eigenvalue weighted by Crippen LogP contribution is 2.17. The first-order chi connectivity index (χ1) is 11.3. The van der Waals surface area contributed by atoms with Crippen molar-refractivity contribution in [1.29, 1.82) is 0 Å². The van der Waals surface area contributed by atoms with E-state index >= 15 is 0 Å². The molecule has 24 heavy (non-hydrogen) atoms. The fraction of sp³-hybridized carbons (Fsp3) is 0.312. The SMILES string of the molecule is Cc1cc(NC(=O)CN(C)C(C)C(=O)O)n(-c2ccc(F)cc2)n1. The lowest BCUT2D eigenvalue weighted by atomic mass is 10.3. The molecule has 0 radical (unpaired) electrons. The number of hydrogen-bond acceptors (Lipinski definition) is 4. The monoisotopic (exact) mass is 334 g/mol. The minimum atomic E-state index is -1.00. The number of rotatable bonds is 6. The van der Waals surface area contributed by atoms with Gasteiger partial charge in [0, 0.05) is 6.07 Å². The largest absolute Gasteiger partial charge is 0.480 e. The zero-order valence-electron chi connectivity index (χ0n) is 13.7. The van der Waals surface area contributed by atoms with Gasteiger partial charge in [0.2, 0.25) is 5.91 Å². The quantitative estimate of drug-likeness (QED) is 0.839. The Hall–Kier alpha value is -2.74. The third kappa shape index (κ3) is 4.17. The van der Waals surface area contributed by atoms with Gasteiger partial charge >= 0.3 is 5.97 Å². The second kappa shape index (κ2) is 7.22. The second-order valence-corrected chi connectivity index (χ2v) is 5.54. The van der Waals surface area contributed by atoms with Crippen LogP contribution in [-0.2, 0) is 9.59 Å². The molecule has 0 bridgehead atoms. The van der Waals surface area contributed by atoms with Crippen LogP contribution in [0, 0.1) is 12.7 Å². The summed E-state index contributed by atoms with van der Waals surface area (Å²) in [5, 5.41) is 15.9. The Bertz CT molecular complexity index is 742. The van der Waals surface area contributed by atoms with Crippen LogP contribution in [0.5, 0.6) is 0 Å². The molecule has 0 spiro atoms. The van der Waals surface area contributed by atoms with Crippen LogP contribution in [0.3, 0.4) is 0 Å². The Kier molecular flexibility index (Phi) is 5.30. The van der Waals surface area contributed by atoms with Crippen LogP contribution < -0.4 is 5.32 Å². The molecular formula is C16H19FN4O3. The standard InChI is InChI=1S/C16H19FN4O3/c1-10-8-14(18-15(22)9-20(3)11(2)16(23)24)21(19-10)13-6-4-12(17)5-7-13/h4-8,11H,9H2,1-3H3,(H,18,22)(H,23,24). The van der Waals surface area contributed by atoms with E-state index in [1.165, 1.54) is 28.6 Å². The Morgan fingerprint density at radius 1 is 1.38 bits per heavy atom. The van der Waals surface area contributed by atoms with E-state index in [0.717, 1.165) is 0 Å². The van der Waals surface area contributed by atoms with E-state index in [1.807, 2.05) is 0 Å². The predicted octanol–water partition coefficient (Wildman–Crippen LogP) is 1.66. The summed E-state index contributed by atoms with van der Waals surface area (Å²) < 4.78 is 14.5. The summed E-state index contributed by atoms with van der Waals surface area (Å²) in [7, 11) is 1.56. The van der Waals surface area contributed by atoms with Gasteiger partial charge in [0.15, 0.2) is 0 Å². The number of nitrogens with zero attached hydrogens (tertiary/aromatic N) is 3. The van der Waals surface area contributed by atoms with Gasteiger partial charge in [0.25, 0.3) is 0 Å². The molecular weight excluding hydrogens is 315 g/mol. The van der Waals surface area contributed by atoms with Crippen molar-refractivity contribution in [3.63, 3.8) is 0 Å². The van der Waals surface area contributed by atoms with Gasteiger partial charge in [-0.2, -0.15) is 5.10 Å². The number of hydrogen-bond donors (Lipinski definition) is 2. The van der Waals surface area contributed by atoms with E-state index in [4.69, 9.17) is 5.11 Å². The Morgan fingerprint density at radius 2 is 2.00 bits per heavy atom. The van der Waals surface area contributed by atoms with Crippen molar-refractivity contribution in [2.45, 2.75) is 19.9 Å². The topological polar surface area (TPSA) is 87.5 Å². The molecule has 7 nitrogen and oxygen atoms in total. The first kappa shape index (κ1) is 17.6. The fourth-order valence-corrected chi connectivity index (χ4v) is 2.10. The molecule has 8 heteroatoms. The van der Waals surface area contributed by atoms with Gasteiger partial charge in [0.05, 0.1) is 17.9 Å². The third-order valence-corrected chi connectivity index (χ3v) is 3.58. The lowest BCUT2D eigenvalue weighted by Crippen LogP contribution is -2.40. The number of aryl methyl sites for hydroxylation is 1.